The summed E-state index contributed by atoms with van der Waals surface area (Å²) in [7, 11) is 3.84. The van der Waals surface area contributed by atoms with Crippen molar-refractivity contribution >= 4 is 0 Å². The van der Waals surface area contributed by atoms with Gasteiger partial charge < -0.3 is 10.1 Å². The highest BCUT2D eigenvalue weighted by molar-refractivity contribution is 5.19. The fraction of sp³-hybridized carbons (Fsp3) is 0.600. The smallest absolute Gasteiger partial charge is 0.0659 e. The molecule has 1 aliphatic heterocycles. The van der Waals surface area contributed by atoms with Gasteiger partial charge in [0.25, 0.3) is 0 Å². The van der Waals surface area contributed by atoms with Crippen molar-refractivity contribution in [2.75, 3.05) is 33.9 Å². The zero-order valence-electron chi connectivity index (χ0n) is 11.4. The highest BCUT2D eigenvalue weighted by Gasteiger charge is 2.25. The molecular weight excluding hydrogens is 224 g/mol. The van der Waals surface area contributed by atoms with Gasteiger partial charge in [-0.15, -0.1) is 0 Å². The van der Waals surface area contributed by atoms with Gasteiger partial charge in [-0.05, 0) is 32.0 Å². The molecule has 0 bridgehead atoms. The second-order valence-electron chi connectivity index (χ2n) is 5.00. The summed E-state index contributed by atoms with van der Waals surface area (Å²) in [6.45, 7) is 3.04. The summed E-state index contributed by atoms with van der Waals surface area (Å²) < 4.78 is 5.42. The van der Waals surface area contributed by atoms with E-state index in [1.165, 1.54) is 24.9 Å². The first-order valence-electron chi connectivity index (χ1n) is 6.80. The molecule has 0 saturated carbocycles. The standard InChI is InChI=1S/C15H24N2O/c1-16-14-9-6-10-17(11-14)15(12-18-2)13-7-4-3-5-8-13/h3-5,7-8,14-16H,6,9-12H2,1-2H3. The molecule has 0 radical (unpaired) electrons. The summed E-state index contributed by atoms with van der Waals surface area (Å²) >= 11 is 0. The van der Waals surface area contributed by atoms with Gasteiger partial charge in [0.15, 0.2) is 0 Å². The van der Waals surface area contributed by atoms with E-state index in [0.717, 1.165) is 13.2 Å². The molecular formula is C15H24N2O. The lowest BCUT2D eigenvalue weighted by Gasteiger charge is -2.38. The van der Waals surface area contributed by atoms with Gasteiger partial charge >= 0.3 is 0 Å². The summed E-state index contributed by atoms with van der Waals surface area (Å²) in [6, 6.07) is 11.7. The predicted molar refractivity (Wildman–Crippen MR) is 74.7 cm³/mol. The molecule has 2 rings (SSSR count). The number of likely N-dealkylation sites (N-methyl/N-ethyl adjacent to an activating group) is 1. The van der Waals surface area contributed by atoms with Crippen LogP contribution >= 0.6 is 0 Å². The average molecular weight is 248 g/mol. The summed E-state index contributed by atoms with van der Waals surface area (Å²) in [5.41, 5.74) is 1.36. The maximum absolute atomic E-state index is 5.42. The van der Waals surface area contributed by atoms with Crippen LogP contribution in [-0.4, -0.2) is 44.8 Å². The van der Waals surface area contributed by atoms with Gasteiger partial charge in [0.1, 0.15) is 0 Å². The molecule has 3 nitrogen and oxygen atoms in total. The molecule has 3 heteroatoms. The number of methoxy groups -OCH3 is 1. The Bertz CT molecular complexity index is 342. The SMILES string of the molecule is CNC1CCCN(C(COC)c2ccccc2)C1. The van der Waals surface area contributed by atoms with Crippen molar-refractivity contribution in [1.29, 1.82) is 0 Å². The summed E-state index contributed by atoms with van der Waals surface area (Å²) in [5.74, 6) is 0. The molecule has 1 saturated heterocycles. The first kappa shape index (κ1) is 13.5. The monoisotopic (exact) mass is 248 g/mol. The van der Waals surface area contributed by atoms with E-state index < -0.39 is 0 Å². The lowest BCUT2D eigenvalue weighted by atomic mass is 10.00. The number of hydrogen-bond acceptors (Lipinski definition) is 3. The summed E-state index contributed by atoms with van der Waals surface area (Å²) in [5, 5.41) is 3.40. The van der Waals surface area contributed by atoms with Gasteiger partial charge in [0.05, 0.1) is 12.6 Å². The molecule has 1 fully saturated rings. The minimum Gasteiger partial charge on any atom is -0.383 e. The van der Waals surface area contributed by atoms with Crippen molar-refractivity contribution in [2.45, 2.75) is 24.9 Å². The lowest BCUT2D eigenvalue weighted by Crippen LogP contribution is -2.46. The molecule has 100 valence electrons. The van der Waals surface area contributed by atoms with Crippen LogP contribution in [0.5, 0.6) is 0 Å². The second kappa shape index (κ2) is 6.88. The van der Waals surface area contributed by atoms with E-state index in [2.05, 4.69) is 47.6 Å². The van der Waals surface area contributed by atoms with Crippen LogP contribution in [0, 0.1) is 0 Å². The van der Waals surface area contributed by atoms with Gasteiger partial charge in [-0.1, -0.05) is 30.3 Å². The molecule has 0 spiro atoms. The summed E-state index contributed by atoms with van der Waals surface area (Å²) in [6.07, 6.45) is 2.54. The van der Waals surface area contributed by atoms with Crippen molar-refractivity contribution in [3.05, 3.63) is 35.9 Å². The van der Waals surface area contributed by atoms with E-state index >= 15 is 0 Å². The Balaban J connectivity index is 2.09. The van der Waals surface area contributed by atoms with Crippen LogP contribution in [0.25, 0.3) is 0 Å². The average Bonchev–Trinajstić information content (AvgIpc) is 2.46. The number of likely N-dealkylation sites (tertiary alicyclic amines) is 1. The van der Waals surface area contributed by atoms with Crippen LogP contribution in [0.2, 0.25) is 0 Å². The number of hydrogen-bond donors (Lipinski definition) is 1. The third kappa shape index (κ3) is 3.31. The molecule has 2 atom stereocenters. The van der Waals surface area contributed by atoms with Crippen LogP contribution in [-0.2, 0) is 4.74 Å². The zero-order valence-corrected chi connectivity index (χ0v) is 11.4. The van der Waals surface area contributed by atoms with E-state index in [4.69, 9.17) is 4.74 Å². The Kier molecular flexibility index (Phi) is 5.17. The third-order valence-electron chi connectivity index (χ3n) is 3.81. The van der Waals surface area contributed by atoms with E-state index in [-0.39, 0.29) is 0 Å². The van der Waals surface area contributed by atoms with Crippen LogP contribution in [0.3, 0.4) is 0 Å². The highest BCUT2D eigenvalue weighted by Crippen LogP contribution is 2.24. The van der Waals surface area contributed by atoms with Gasteiger partial charge in [0.2, 0.25) is 0 Å². The molecule has 1 aliphatic rings. The van der Waals surface area contributed by atoms with E-state index in [1.807, 2.05) is 0 Å². The second-order valence-corrected chi connectivity index (χ2v) is 5.00. The number of nitrogens with zero attached hydrogens (tertiary/aromatic N) is 1. The normalized spacial score (nSPS) is 22.9. The van der Waals surface area contributed by atoms with Crippen molar-refractivity contribution in [2.24, 2.45) is 0 Å². The Morgan fingerprint density at radius 1 is 1.39 bits per heavy atom. The minimum atomic E-state index is 0.382. The zero-order chi connectivity index (χ0) is 12.8. The molecule has 1 N–H and O–H groups in total. The Morgan fingerprint density at radius 2 is 2.17 bits per heavy atom. The van der Waals surface area contributed by atoms with Crippen LogP contribution in [0.4, 0.5) is 0 Å². The first-order chi connectivity index (χ1) is 8.85. The fourth-order valence-electron chi connectivity index (χ4n) is 2.77. The lowest BCUT2D eigenvalue weighted by molar-refractivity contribution is 0.0672. The molecule has 2 unspecified atom stereocenters. The van der Waals surface area contributed by atoms with Crippen molar-refractivity contribution < 1.29 is 4.74 Å². The number of nitrogens with one attached hydrogen (secondary N) is 1. The number of piperidine rings is 1. The molecule has 18 heavy (non-hydrogen) atoms. The molecule has 1 aromatic rings. The number of rotatable bonds is 5. The van der Waals surface area contributed by atoms with E-state index in [0.29, 0.717) is 12.1 Å². The fourth-order valence-corrected chi connectivity index (χ4v) is 2.77. The molecule has 0 aliphatic carbocycles. The van der Waals surface area contributed by atoms with Gasteiger partial charge in [-0.25, -0.2) is 0 Å². The molecule has 1 aromatic carbocycles. The van der Waals surface area contributed by atoms with Gasteiger partial charge in [-0.2, -0.15) is 0 Å². The molecule has 0 aromatic heterocycles. The topological polar surface area (TPSA) is 24.5 Å². The van der Waals surface area contributed by atoms with E-state index in [9.17, 15) is 0 Å². The Hall–Kier alpha value is -0.900. The van der Waals surface area contributed by atoms with Crippen molar-refractivity contribution in [3.8, 4) is 0 Å². The van der Waals surface area contributed by atoms with Crippen LogP contribution < -0.4 is 5.32 Å². The Morgan fingerprint density at radius 3 is 2.83 bits per heavy atom. The number of ether oxygens (including phenoxy) is 1. The third-order valence-corrected chi connectivity index (χ3v) is 3.81. The van der Waals surface area contributed by atoms with Crippen molar-refractivity contribution in [1.82, 2.24) is 10.2 Å². The predicted octanol–water partition coefficient (Wildman–Crippen LogP) is 2.06. The highest BCUT2D eigenvalue weighted by atomic mass is 16.5. The minimum absolute atomic E-state index is 0.382. The Labute approximate surface area is 110 Å². The molecule has 0 amide bonds. The number of benzene rings is 1. The quantitative estimate of drug-likeness (QED) is 0.863. The van der Waals surface area contributed by atoms with Crippen LogP contribution in [0.15, 0.2) is 30.3 Å². The molecule has 1 heterocycles. The first-order valence-corrected chi connectivity index (χ1v) is 6.80. The maximum atomic E-state index is 5.42. The maximum Gasteiger partial charge on any atom is 0.0659 e. The summed E-state index contributed by atoms with van der Waals surface area (Å²) in [4.78, 5) is 2.55. The van der Waals surface area contributed by atoms with Gasteiger partial charge in [-0.3, -0.25) is 4.90 Å². The largest absolute Gasteiger partial charge is 0.383 e. The van der Waals surface area contributed by atoms with Crippen molar-refractivity contribution in [3.63, 3.8) is 0 Å². The van der Waals surface area contributed by atoms with Gasteiger partial charge in [0, 0.05) is 19.7 Å². The van der Waals surface area contributed by atoms with E-state index in [1.54, 1.807) is 7.11 Å². The van der Waals surface area contributed by atoms with Crippen LogP contribution in [0.1, 0.15) is 24.4 Å².